The molecule has 2 unspecified atom stereocenters. The molecular weight excluding hydrogens is 1080 g/mol. The number of phosphoric ester groups is 1. The molecule has 2 aromatic carbocycles. The molecule has 0 spiro atoms. The van der Waals surface area contributed by atoms with Gasteiger partial charge in [0.1, 0.15) is 74.6 Å². The number of benzene rings is 2. The van der Waals surface area contributed by atoms with Crippen LogP contribution in [0.4, 0.5) is 10.2 Å². The Bertz CT molecular complexity index is 3380. The number of phosphoric acid groups is 1. The Labute approximate surface area is 447 Å². The van der Waals surface area contributed by atoms with E-state index in [-0.39, 0.29) is 42.4 Å². The summed E-state index contributed by atoms with van der Waals surface area (Å²) in [5.74, 6) is -0.529. The van der Waals surface area contributed by atoms with Gasteiger partial charge >= 0.3 is 13.8 Å². The standard InChI is InChI=1S/C49H56FN9O14P2SSi/c1-49(2,3)77(5,6)73-39-34-26-68-75(64,76)72-38-33(69-46(36(38)50)58-24-32-18-13-20-57(41-35(32)42(58)53-27-52-41)44(60)30-14-9-7-10-15-30)25-67-74(63,66-22-19-51-4)71-40(39)47(70-34)59-29-54-37-43(59)55-28-56(45(37)61)21-23-65-48(62)31-16-11-8-12-17-31/h7-12,14-17,24,27-29,33-34,36,38-40,46-47H,13,18-23,25-26H2,1-3,5-6H3,(H,64,76)/p-1/t33-,34-,36-,38-,39-,40-,46-,47-,74?,75?/m1/s1. The van der Waals surface area contributed by atoms with Crippen molar-refractivity contribution in [2.45, 2.75) is 107 Å². The number of anilines is 1. The Morgan fingerprint density at radius 1 is 0.909 bits per heavy atom. The maximum absolute atomic E-state index is 17.4. The number of aryl methyl sites for hydroxylation is 1. The second kappa shape index (κ2) is 22.0. The third-order valence-corrected chi connectivity index (χ3v) is 21.7. The molecule has 0 aliphatic carbocycles. The Morgan fingerprint density at radius 3 is 2.35 bits per heavy atom. The fourth-order valence-electron chi connectivity index (χ4n) is 9.36. The van der Waals surface area contributed by atoms with Crippen LogP contribution in [0.2, 0.25) is 18.1 Å². The zero-order valence-electron chi connectivity index (χ0n) is 42.5. The quantitative estimate of drug-likeness (QED) is 0.0419. The van der Waals surface area contributed by atoms with Gasteiger partial charge in [0.2, 0.25) is 6.54 Å². The molecule has 6 aromatic rings. The predicted molar refractivity (Wildman–Crippen MR) is 278 cm³/mol. The van der Waals surface area contributed by atoms with Gasteiger partial charge in [-0.2, -0.15) is 0 Å². The van der Waals surface area contributed by atoms with Crippen LogP contribution in [0.15, 0.2) is 90.6 Å². The van der Waals surface area contributed by atoms with E-state index < -0.39 is 108 Å². The number of amides is 1. The number of esters is 1. The molecule has 28 heteroatoms. The first-order chi connectivity index (χ1) is 36.8. The topological polar surface area (TPSA) is 248 Å². The van der Waals surface area contributed by atoms with Crippen LogP contribution >= 0.6 is 14.5 Å². The van der Waals surface area contributed by atoms with Crippen LogP contribution in [-0.2, 0) is 70.6 Å². The van der Waals surface area contributed by atoms with Gasteiger partial charge in [0.05, 0.1) is 37.0 Å². The van der Waals surface area contributed by atoms with E-state index in [9.17, 15) is 19.3 Å². The summed E-state index contributed by atoms with van der Waals surface area (Å²) in [6.45, 7) is 10.7. The number of alkyl halides is 1. The van der Waals surface area contributed by atoms with Crippen molar-refractivity contribution in [3.63, 3.8) is 0 Å². The van der Waals surface area contributed by atoms with Gasteiger partial charge in [-0.3, -0.25) is 37.2 Å². The lowest BCUT2D eigenvalue weighted by molar-refractivity contribution is -0.216. The first-order valence-corrected chi connectivity index (χ1v) is 31.7. The largest absolute Gasteiger partial charge is 0.780 e. The second-order valence-electron chi connectivity index (χ2n) is 20.2. The SMILES string of the molecule is [C-]#[N+]CCOP1(=O)OC[C@H]2O[C@@H](n3cc4c5c(ncnc53)N(C(=O)c3ccccc3)CCC4)[C@H](F)[C@@H]2OP([O-])(=S)OC[C@H]2O[C@@H](n3cnc4c(=O)n(CCOC(=O)c5ccccc5)cnc43)[C@H](O1)[C@@H]2O[Si](C)(C)C(C)(C)C. The summed E-state index contributed by atoms with van der Waals surface area (Å²) in [6.07, 6.45) is -5.87. The first kappa shape index (κ1) is 54.8. The number of carbonyl (C=O) groups excluding carboxylic acids is 2. The van der Waals surface area contributed by atoms with Crippen LogP contribution in [0, 0.1) is 6.57 Å². The summed E-state index contributed by atoms with van der Waals surface area (Å²) in [5, 5.41) is 0.0634. The molecule has 0 saturated carbocycles. The zero-order chi connectivity index (χ0) is 54.4. The molecule has 0 radical (unpaired) electrons. The maximum Gasteiger partial charge on any atom is 0.475 e. The predicted octanol–water partition coefficient (Wildman–Crippen LogP) is 6.46. The van der Waals surface area contributed by atoms with Gasteiger partial charge < -0.3 is 42.0 Å². The minimum Gasteiger partial charge on any atom is -0.780 e. The number of fused-ring (bicyclic) bond motifs is 4. The number of hydrogen-bond acceptors (Lipinski definition) is 19. The summed E-state index contributed by atoms with van der Waals surface area (Å²) >= 11 is 5.48. The van der Waals surface area contributed by atoms with Crippen LogP contribution in [0.1, 0.15) is 65.9 Å². The Kier molecular flexibility index (Phi) is 15.7. The number of carbonyl (C=O) groups is 2. The highest BCUT2D eigenvalue weighted by Crippen LogP contribution is 2.57. The highest BCUT2D eigenvalue weighted by Gasteiger charge is 2.56. The van der Waals surface area contributed by atoms with Crippen LogP contribution in [-0.4, -0.2) is 130 Å². The van der Waals surface area contributed by atoms with Crippen LogP contribution in [0.3, 0.4) is 0 Å². The van der Waals surface area contributed by atoms with Gasteiger partial charge in [0.15, 0.2) is 38.1 Å². The van der Waals surface area contributed by atoms with Crippen molar-refractivity contribution in [2.75, 3.05) is 44.4 Å². The summed E-state index contributed by atoms with van der Waals surface area (Å²) in [6, 6.07) is 17.1. The van der Waals surface area contributed by atoms with Crippen LogP contribution in [0.25, 0.3) is 27.0 Å². The molecule has 23 nitrogen and oxygen atoms in total. The fraction of sp³-hybridized carbons (Fsp3) is 0.469. The van der Waals surface area contributed by atoms with Crippen LogP contribution < -0.4 is 15.4 Å². The van der Waals surface area contributed by atoms with Gasteiger partial charge in [-0.05, 0) is 60.8 Å². The van der Waals surface area contributed by atoms with E-state index in [1.54, 1.807) is 65.7 Å². The van der Waals surface area contributed by atoms with Crippen molar-refractivity contribution in [3.8, 4) is 0 Å². The number of halogens is 1. The van der Waals surface area contributed by atoms with E-state index >= 15 is 8.96 Å². The van der Waals surface area contributed by atoms with E-state index in [2.05, 4.69) is 24.8 Å². The lowest BCUT2D eigenvalue weighted by Gasteiger charge is -2.41. The Hall–Kier alpha value is -5.49. The molecule has 3 saturated heterocycles. The summed E-state index contributed by atoms with van der Waals surface area (Å²) in [5.41, 5.74) is 1.03. The van der Waals surface area contributed by atoms with E-state index in [4.69, 9.17) is 59.6 Å². The van der Waals surface area contributed by atoms with Crippen molar-refractivity contribution >= 4 is 74.6 Å². The van der Waals surface area contributed by atoms with Gasteiger partial charge in [-0.25, -0.2) is 40.3 Å². The summed E-state index contributed by atoms with van der Waals surface area (Å²) in [4.78, 5) is 77.7. The number of hydrogen-bond donors (Lipinski definition) is 0. The zero-order valence-corrected chi connectivity index (χ0v) is 46.1. The molecule has 2 bridgehead atoms. The molecule has 0 N–H and O–H groups in total. The van der Waals surface area contributed by atoms with Crippen molar-refractivity contribution < 1.29 is 64.7 Å². The van der Waals surface area contributed by atoms with Crippen molar-refractivity contribution in [3.05, 3.63) is 124 Å². The highest BCUT2D eigenvalue weighted by molar-refractivity contribution is 8.06. The molecule has 10 atom stereocenters. The van der Waals surface area contributed by atoms with Gasteiger partial charge in [-0.15, -0.1) is 0 Å². The molecule has 4 aromatic heterocycles. The summed E-state index contributed by atoms with van der Waals surface area (Å²) < 4.78 is 92.4. The Morgan fingerprint density at radius 2 is 1.62 bits per heavy atom. The second-order valence-corrected chi connectivity index (χ2v) is 29.3. The minimum atomic E-state index is -4.94. The Balaban J connectivity index is 0.981. The van der Waals surface area contributed by atoms with E-state index in [0.29, 0.717) is 47.3 Å². The molecule has 77 heavy (non-hydrogen) atoms. The van der Waals surface area contributed by atoms with Crippen molar-refractivity contribution in [1.82, 2.24) is 33.6 Å². The molecule has 3 fully saturated rings. The summed E-state index contributed by atoms with van der Waals surface area (Å²) in [7, 11) is -7.82. The van der Waals surface area contributed by atoms with Crippen molar-refractivity contribution in [1.29, 1.82) is 0 Å². The normalized spacial score (nSPS) is 28.0. The van der Waals surface area contributed by atoms with Gasteiger partial charge in [0.25, 0.3) is 11.5 Å². The monoisotopic (exact) mass is 1130 g/mol. The number of rotatable bonds is 12. The molecule has 4 aliphatic heterocycles. The highest BCUT2D eigenvalue weighted by atomic mass is 32.5. The molecule has 4 aliphatic rings. The fourth-order valence-corrected chi connectivity index (χ4v) is 13.5. The van der Waals surface area contributed by atoms with Gasteiger partial charge in [-0.1, -0.05) is 69.0 Å². The molecule has 408 valence electrons. The van der Waals surface area contributed by atoms with Gasteiger partial charge in [0, 0.05) is 18.3 Å². The van der Waals surface area contributed by atoms with Crippen LogP contribution in [0.5, 0.6) is 0 Å². The molecule has 1 amide bonds. The van der Waals surface area contributed by atoms with E-state index in [1.807, 2.05) is 39.9 Å². The molecular formula is C49H55FN9O14P2SSi-. The average Bonchev–Trinajstić information content (AvgIpc) is 4.15. The average molecular weight is 1140 g/mol. The lowest BCUT2D eigenvalue weighted by atomic mass is 10.1. The number of nitrogens with zero attached hydrogens (tertiary/aromatic N) is 9. The first-order valence-electron chi connectivity index (χ1n) is 24.8. The van der Waals surface area contributed by atoms with E-state index in [1.165, 1.54) is 32.7 Å². The smallest absolute Gasteiger partial charge is 0.475 e. The third-order valence-electron chi connectivity index (χ3n) is 14.2. The lowest BCUT2D eigenvalue weighted by Crippen LogP contribution is -2.50. The third kappa shape index (κ3) is 11.1. The number of ether oxygens (including phenoxy) is 3. The minimum absolute atomic E-state index is 0.00337. The van der Waals surface area contributed by atoms with E-state index in [0.717, 1.165) is 0 Å². The van der Waals surface area contributed by atoms with Crippen molar-refractivity contribution in [2.24, 2.45) is 0 Å². The number of imidazole rings is 1. The molecule has 10 rings (SSSR count). The molecule has 8 heterocycles. The number of aromatic nitrogens is 7. The maximum atomic E-state index is 17.4.